The third kappa shape index (κ3) is 3.58. The number of carboxylic acids is 1. The van der Waals surface area contributed by atoms with Gasteiger partial charge in [0.25, 0.3) is 5.91 Å². The smallest absolute Gasteiger partial charge is 0.326 e. The standard InChI is InChI=1S/C20H25N3O5/c1-21-18(27)20(9-5-10-20)19(28)22-14-7-4-6-13(12-14)16(24)23-11-3-2-8-15(23)17(25)26/h4,6-7,12,15H,2-3,5,8-11H2,1H3,(H,21,27)(H,22,28)(H,25,26). The summed E-state index contributed by atoms with van der Waals surface area (Å²) in [4.78, 5) is 50.5. The number of nitrogens with zero attached hydrogens (tertiary/aromatic N) is 1. The van der Waals surface area contributed by atoms with Crippen molar-refractivity contribution in [3.63, 3.8) is 0 Å². The first-order chi connectivity index (χ1) is 13.4. The molecule has 1 aliphatic heterocycles. The Morgan fingerprint density at radius 2 is 1.86 bits per heavy atom. The number of likely N-dealkylation sites (tertiary alicyclic amines) is 1. The van der Waals surface area contributed by atoms with Crippen molar-refractivity contribution in [1.29, 1.82) is 0 Å². The van der Waals surface area contributed by atoms with E-state index >= 15 is 0 Å². The fourth-order valence-electron chi connectivity index (χ4n) is 3.90. The van der Waals surface area contributed by atoms with Gasteiger partial charge in [-0.1, -0.05) is 12.5 Å². The second-order valence-electron chi connectivity index (χ2n) is 7.40. The molecule has 28 heavy (non-hydrogen) atoms. The largest absolute Gasteiger partial charge is 0.480 e. The number of amides is 3. The van der Waals surface area contributed by atoms with Gasteiger partial charge in [-0.15, -0.1) is 0 Å². The molecule has 0 bridgehead atoms. The van der Waals surface area contributed by atoms with Gasteiger partial charge in [-0.2, -0.15) is 0 Å². The highest BCUT2D eigenvalue weighted by Gasteiger charge is 2.50. The van der Waals surface area contributed by atoms with Gasteiger partial charge in [-0.25, -0.2) is 4.79 Å². The maximum atomic E-state index is 12.9. The molecule has 8 nitrogen and oxygen atoms in total. The Hall–Kier alpha value is -2.90. The number of hydrogen-bond acceptors (Lipinski definition) is 4. The van der Waals surface area contributed by atoms with Crippen LogP contribution < -0.4 is 10.6 Å². The number of rotatable bonds is 5. The summed E-state index contributed by atoms with van der Waals surface area (Å²) in [6.45, 7) is 0.395. The van der Waals surface area contributed by atoms with Crippen LogP contribution in [-0.2, 0) is 14.4 Å². The lowest BCUT2D eigenvalue weighted by atomic mass is 9.67. The Morgan fingerprint density at radius 3 is 2.46 bits per heavy atom. The summed E-state index contributed by atoms with van der Waals surface area (Å²) in [5.41, 5.74) is -0.334. The quantitative estimate of drug-likeness (QED) is 0.664. The van der Waals surface area contributed by atoms with Crippen LogP contribution in [0, 0.1) is 5.41 Å². The predicted molar refractivity (Wildman–Crippen MR) is 102 cm³/mol. The van der Waals surface area contributed by atoms with Crippen LogP contribution in [0.5, 0.6) is 0 Å². The molecule has 3 rings (SSSR count). The van der Waals surface area contributed by atoms with E-state index in [4.69, 9.17) is 0 Å². The lowest BCUT2D eigenvalue weighted by Crippen LogP contribution is -2.52. The number of piperidine rings is 1. The lowest BCUT2D eigenvalue weighted by Gasteiger charge is -2.38. The molecule has 1 aromatic rings. The number of hydrogen-bond donors (Lipinski definition) is 3. The summed E-state index contributed by atoms with van der Waals surface area (Å²) in [6.07, 6.45) is 3.77. The van der Waals surface area contributed by atoms with Gasteiger partial charge < -0.3 is 20.6 Å². The van der Waals surface area contributed by atoms with E-state index < -0.39 is 17.4 Å². The third-order valence-electron chi connectivity index (χ3n) is 5.72. The third-order valence-corrected chi connectivity index (χ3v) is 5.72. The van der Waals surface area contributed by atoms with Gasteiger partial charge in [-0.05, 0) is 50.3 Å². The van der Waals surface area contributed by atoms with Crippen molar-refractivity contribution in [3.05, 3.63) is 29.8 Å². The van der Waals surface area contributed by atoms with Gasteiger partial charge in [0.1, 0.15) is 11.5 Å². The molecule has 0 aromatic heterocycles. The van der Waals surface area contributed by atoms with Crippen LogP contribution in [0.1, 0.15) is 48.9 Å². The molecule has 1 saturated carbocycles. The average molecular weight is 387 g/mol. The highest BCUT2D eigenvalue weighted by Crippen LogP contribution is 2.42. The van der Waals surface area contributed by atoms with Crippen LogP contribution in [0.15, 0.2) is 24.3 Å². The number of anilines is 1. The second kappa shape index (κ2) is 8.00. The van der Waals surface area contributed by atoms with E-state index in [-0.39, 0.29) is 17.7 Å². The first-order valence-electron chi connectivity index (χ1n) is 9.56. The van der Waals surface area contributed by atoms with E-state index in [0.717, 1.165) is 19.3 Å². The Kier molecular flexibility index (Phi) is 5.67. The Morgan fingerprint density at radius 1 is 1.11 bits per heavy atom. The van der Waals surface area contributed by atoms with E-state index in [9.17, 15) is 24.3 Å². The molecule has 1 heterocycles. The molecule has 2 aliphatic rings. The second-order valence-corrected chi connectivity index (χ2v) is 7.40. The van der Waals surface area contributed by atoms with Crippen LogP contribution in [0.2, 0.25) is 0 Å². The number of aliphatic carboxylic acids is 1. The Bertz CT molecular complexity index is 803. The van der Waals surface area contributed by atoms with E-state index in [1.807, 2.05) is 0 Å². The molecular formula is C20H25N3O5. The van der Waals surface area contributed by atoms with Crippen molar-refractivity contribution in [3.8, 4) is 0 Å². The maximum absolute atomic E-state index is 12.9. The molecule has 3 amide bonds. The van der Waals surface area contributed by atoms with Crippen LogP contribution in [0.3, 0.4) is 0 Å². The average Bonchev–Trinajstić information content (AvgIpc) is 2.66. The SMILES string of the molecule is CNC(=O)C1(C(=O)Nc2cccc(C(=O)N3CCCCC3C(=O)O)c2)CCC1. The maximum Gasteiger partial charge on any atom is 0.326 e. The van der Waals surface area contributed by atoms with Crippen molar-refractivity contribution >= 4 is 29.4 Å². The van der Waals surface area contributed by atoms with Crippen LogP contribution in [0.4, 0.5) is 5.69 Å². The number of nitrogens with one attached hydrogen (secondary N) is 2. The molecule has 0 spiro atoms. The minimum atomic E-state index is -1.06. The van der Waals surface area contributed by atoms with Gasteiger partial charge in [-0.3, -0.25) is 14.4 Å². The van der Waals surface area contributed by atoms with Gasteiger partial charge in [0.05, 0.1) is 0 Å². The minimum absolute atomic E-state index is 0.305. The molecule has 0 radical (unpaired) electrons. The zero-order valence-electron chi connectivity index (χ0n) is 15.9. The monoisotopic (exact) mass is 387 g/mol. The molecule has 1 aromatic carbocycles. The fraction of sp³-hybridized carbons (Fsp3) is 0.500. The molecule has 1 unspecified atom stereocenters. The van der Waals surface area contributed by atoms with Crippen molar-refractivity contribution in [2.24, 2.45) is 5.41 Å². The van der Waals surface area contributed by atoms with Gasteiger partial charge in [0, 0.05) is 24.8 Å². The number of carboxylic acid groups (broad SMARTS) is 1. The van der Waals surface area contributed by atoms with Crippen LogP contribution in [-0.4, -0.2) is 53.3 Å². The molecule has 1 aliphatic carbocycles. The molecule has 1 saturated heterocycles. The number of carbonyl (C=O) groups excluding carboxylic acids is 3. The summed E-state index contributed by atoms with van der Waals surface area (Å²) < 4.78 is 0. The number of benzene rings is 1. The van der Waals surface area contributed by atoms with Crippen molar-refractivity contribution in [2.45, 2.75) is 44.6 Å². The van der Waals surface area contributed by atoms with Gasteiger partial charge in [0.2, 0.25) is 11.8 Å². The summed E-state index contributed by atoms with van der Waals surface area (Å²) in [6, 6.07) is 5.59. The van der Waals surface area contributed by atoms with Crippen LogP contribution >= 0.6 is 0 Å². The summed E-state index contributed by atoms with van der Waals surface area (Å²) in [5, 5.41) is 14.7. The number of carbonyl (C=O) groups is 4. The summed E-state index contributed by atoms with van der Waals surface area (Å²) in [7, 11) is 1.51. The highest BCUT2D eigenvalue weighted by molar-refractivity contribution is 6.11. The van der Waals surface area contributed by atoms with Crippen LogP contribution in [0.25, 0.3) is 0 Å². The van der Waals surface area contributed by atoms with Crippen molar-refractivity contribution < 1.29 is 24.3 Å². The van der Waals surface area contributed by atoms with E-state index in [1.54, 1.807) is 18.2 Å². The fourth-order valence-corrected chi connectivity index (χ4v) is 3.90. The van der Waals surface area contributed by atoms with E-state index in [2.05, 4.69) is 10.6 Å². The van der Waals surface area contributed by atoms with E-state index in [1.165, 1.54) is 18.0 Å². The molecular weight excluding hydrogens is 362 g/mol. The molecule has 3 N–H and O–H groups in total. The Labute approximate surface area is 163 Å². The summed E-state index contributed by atoms with van der Waals surface area (Å²) in [5.74, 6) is -2.06. The van der Waals surface area contributed by atoms with Crippen molar-refractivity contribution in [1.82, 2.24) is 10.2 Å². The highest BCUT2D eigenvalue weighted by atomic mass is 16.4. The summed E-state index contributed by atoms with van der Waals surface area (Å²) >= 11 is 0. The lowest BCUT2D eigenvalue weighted by molar-refractivity contribution is -0.146. The minimum Gasteiger partial charge on any atom is -0.480 e. The Balaban J connectivity index is 1.77. The van der Waals surface area contributed by atoms with E-state index in [0.29, 0.717) is 37.1 Å². The molecule has 150 valence electrons. The first-order valence-corrected chi connectivity index (χ1v) is 9.56. The zero-order valence-corrected chi connectivity index (χ0v) is 15.9. The normalized spacial score (nSPS) is 20.6. The van der Waals surface area contributed by atoms with Crippen molar-refractivity contribution in [2.75, 3.05) is 18.9 Å². The van der Waals surface area contributed by atoms with Gasteiger partial charge >= 0.3 is 5.97 Å². The first kappa shape index (κ1) is 19.9. The molecule has 1 atom stereocenters. The molecule has 8 heteroatoms. The zero-order chi connectivity index (χ0) is 20.3. The van der Waals surface area contributed by atoms with Gasteiger partial charge in [0.15, 0.2) is 0 Å². The topological polar surface area (TPSA) is 116 Å². The predicted octanol–water partition coefficient (Wildman–Crippen LogP) is 1.62. The molecule has 2 fully saturated rings.